The van der Waals surface area contributed by atoms with E-state index >= 15 is 0 Å². The molecule has 2 N–H and O–H groups in total. The molecule has 1 aliphatic carbocycles. The lowest BCUT2D eigenvalue weighted by atomic mass is 9.95. The van der Waals surface area contributed by atoms with Gasteiger partial charge in [0.2, 0.25) is 0 Å². The Labute approximate surface area is 196 Å². The van der Waals surface area contributed by atoms with Gasteiger partial charge in [0.05, 0.1) is 24.3 Å². The third-order valence-corrected chi connectivity index (χ3v) is 6.10. The van der Waals surface area contributed by atoms with Gasteiger partial charge in [0.1, 0.15) is 6.61 Å². The monoisotopic (exact) mass is 507 g/mol. The molecule has 0 aliphatic heterocycles. The Morgan fingerprint density at radius 1 is 1.26 bits per heavy atom. The number of nitrogens with one attached hydrogen (secondary N) is 2. The number of hydrogen-bond acceptors (Lipinski definition) is 5. The van der Waals surface area contributed by atoms with Crippen molar-refractivity contribution >= 4 is 39.7 Å². The predicted octanol–water partition coefficient (Wildman–Crippen LogP) is 5.06. The van der Waals surface area contributed by atoms with E-state index in [4.69, 9.17) is 21.1 Å². The topological polar surface area (TPSA) is 72.0 Å². The summed E-state index contributed by atoms with van der Waals surface area (Å²) in [6.07, 6.45) is 7.59. The zero-order valence-corrected chi connectivity index (χ0v) is 19.8. The zero-order chi connectivity index (χ0) is 22.1. The van der Waals surface area contributed by atoms with Crippen LogP contribution in [-0.4, -0.2) is 31.8 Å². The van der Waals surface area contributed by atoms with E-state index in [-0.39, 0.29) is 12.5 Å². The number of methoxy groups -OCH3 is 1. The average molecular weight is 509 g/mol. The van der Waals surface area contributed by atoms with Gasteiger partial charge in [-0.15, -0.1) is 0 Å². The molecule has 1 fully saturated rings. The van der Waals surface area contributed by atoms with Crippen molar-refractivity contribution < 1.29 is 14.3 Å². The fourth-order valence-electron chi connectivity index (χ4n) is 3.48. The molecule has 0 unspecified atom stereocenters. The second kappa shape index (κ2) is 12.1. The molecule has 1 aliphatic rings. The van der Waals surface area contributed by atoms with E-state index in [1.165, 1.54) is 19.3 Å². The van der Waals surface area contributed by atoms with Gasteiger partial charge in [-0.1, -0.05) is 49.1 Å². The molecule has 2 aromatic rings. The maximum atomic E-state index is 12.0. The number of nitrogens with zero attached hydrogens (tertiary/aromatic N) is 1. The predicted molar refractivity (Wildman–Crippen MR) is 127 cm³/mol. The van der Waals surface area contributed by atoms with Crippen LogP contribution in [0, 0.1) is 0 Å². The smallest absolute Gasteiger partial charge is 0.254 e. The molecule has 2 aromatic carbocycles. The van der Waals surface area contributed by atoms with Crippen molar-refractivity contribution in [2.45, 2.75) is 44.8 Å². The molecular formula is C23H27BrClN3O3. The van der Waals surface area contributed by atoms with Gasteiger partial charge >= 0.3 is 0 Å². The first-order valence-corrected chi connectivity index (χ1v) is 11.5. The van der Waals surface area contributed by atoms with Gasteiger partial charge in [0.25, 0.3) is 5.91 Å². The lowest BCUT2D eigenvalue weighted by Gasteiger charge is -2.22. The van der Waals surface area contributed by atoms with E-state index in [2.05, 4.69) is 31.8 Å². The SMILES string of the molecule is COc1cc(/C=N\NC(=O)CNC2CCCCC2)cc(Br)c1OCc1ccccc1Cl. The minimum atomic E-state index is -0.160. The lowest BCUT2D eigenvalue weighted by molar-refractivity contribution is -0.120. The highest BCUT2D eigenvalue weighted by Crippen LogP contribution is 2.37. The van der Waals surface area contributed by atoms with Crippen molar-refractivity contribution in [1.29, 1.82) is 0 Å². The summed E-state index contributed by atoms with van der Waals surface area (Å²) >= 11 is 9.72. The van der Waals surface area contributed by atoms with Gasteiger partial charge in [-0.2, -0.15) is 5.10 Å². The zero-order valence-electron chi connectivity index (χ0n) is 17.5. The highest BCUT2D eigenvalue weighted by Gasteiger charge is 2.14. The summed E-state index contributed by atoms with van der Waals surface area (Å²) in [6.45, 7) is 0.579. The van der Waals surface area contributed by atoms with Crippen LogP contribution in [0.25, 0.3) is 0 Å². The Morgan fingerprint density at radius 3 is 2.77 bits per heavy atom. The number of carbonyl (C=O) groups is 1. The van der Waals surface area contributed by atoms with Gasteiger partial charge in [-0.3, -0.25) is 4.79 Å². The van der Waals surface area contributed by atoms with E-state index in [9.17, 15) is 4.79 Å². The number of carbonyl (C=O) groups excluding carboxylic acids is 1. The normalized spacial score (nSPS) is 14.5. The van der Waals surface area contributed by atoms with Crippen LogP contribution in [0.5, 0.6) is 11.5 Å². The van der Waals surface area contributed by atoms with Gasteiger partial charge in [0.15, 0.2) is 11.5 Å². The molecule has 1 amide bonds. The molecule has 8 heteroatoms. The molecule has 0 spiro atoms. The molecule has 31 heavy (non-hydrogen) atoms. The maximum Gasteiger partial charge on any atom is 0.254 e. The molecule has 0 aromatic heterocycles. The number of rotatable bonds is 9. The largest absolute Gasteiger partial charge is 0.493 e. The van der Waals surface area contributed by atoms with E-state index in [0.717, 1.165) is 24.0 Å². The van der Waals surface area contributed by atoms with Crippen LogP contribution in [0.4, 0.5) is 0 Å². The number of hydrazone groups is 1. The standard InChI is InChI=1S/C23H27BrClN3O3/c1-30-21-12-16(13-27-28-22(29)14-26-18-8-3-2-4-9-18)11-19(24)23(21)31-15-17-7-5-6-10-20(17)25/h5-7,10-13,18,26H,2-4,8-9,14-15H2,1H3,(H,28,29)/b27-13-. The van der Waals surface area contributed by atoms with Crippen LogP contribution >= 0.6 is 27.5 Å². The fraction of sp³-hybridized carbons (Fsp3) is 0.391. The first kappa shape index (κ1) is 23.6. The van der Waals surface area contributed by atoms with Crippen molar-refractivity contribution in [2.75, 3.05) is 13.7 Å². The van der Waals surface area contributed by atoms with Gasteiger partial charge in [0, 0.05) is 16.6 Å². The first-order valence-electron chi connectivity index (χ1n) is 10.4. The Balaban J connectivity index is 1.56. The average Bonchev–Trinajstić information content (AvgIpc) is 2.78. The number of halogens is 2. The second-order valence-electron chi connectivity index (χ2n) is 7.42. The van der Waals surface area contributed by atoms with Gasteiger partial charge in [-0.25, -0.2) is 5.43 Å². The van der Waals surface area contributed by atoms with Crippen molar-refractivity contribution in [3.8, 4) is 11.5 Å². The van der Waals surface area contributed by atoms with E-state index in [1.54, 1.807) is 19.4 Å². The summed E-state index contributed by atoms with van der Waals surface area (Å²) in [6, 6.07) is 11.6. The third-order valence-electron chi connectivity index (χ3n) is 5.14. The van der Waals surface area contributed by atoms with Crippen LogP contribution in [-0.2, 0) is 11.4 Å². The lowest BCUT2D eigenvalue weighted by Crippen LogP contribution is -2.38. The molecule has 0 radical (unpaired) electrons. The summed E-state index contributed by atoms with van der Waals surface area (Å²) in [5.41, 5.74) is 4.20. The first-order chi connectivity index (χ1) is 15.1. The molecule has 0 saturated heterocycles. The molecule has 166 valence electrons. The minimum absolute atomic E-state index is 0.160. The summed E-state index contributed by atoms with van der Waals surface area (Å²) < 4.78 is 12.1. The summed E-state index contributed by atoms with van der Waals surface area (Å²) in [5.74, 6) is 0.959. The van der Waals surface area contributed by atoms with E-state index in [0.29, 0.717) is 33.6 Å². The van der Waals surface area contributed by atoms with E-state index < -0.39 is 0 Å². The molecule has 0 atom stereocenters. The van der Waals surface area contributed by atoms with Crippen LogP contribution in [0.15, 0.2) is 46.0 Å². The van der Waals surface area contributed by atoms with Crippen LogP contribution in [0.2, 0.25) is 5.02 Å². The number of benzene rings is 2. The Kier molecular flexibility index (Phi) is 9.18. The summed E-state index contributed by atoms with van der Waals surface area (Å²) in [7, 11) is 1.57. The van der Waals surface area contributed by atoms with Crippen molar-refractivity contribution in [3.05, 3.63) is 57.0 Å². The van der Waals surface area contributed by atoms with Gasteiger partial charge < -0.3 is 14.8 Å². The Bertz CT molecular complexity index is 917. The molecule has 6 nitrogen and oxygen atoms in total. The number of ether oxygens (including phenoxy) is 2. The van der Waals surface area contributed by atoms with Crippen molar-refractivity contribution in [3.63, 3.8) is 0 Å². The summed E-state index contributed by atoms with van der Waals surface area (Å²) in [5, 5.41) is 8.00. The summed E-state index contributed by atoms with van der Waals surface area (Å²) in [4.78, 5) is 12.0. The van der Waals surface area contributed by atoms with Crippen molar-refractivity contribution in [2.24, 2.45) is 5.10 Å². The molecule has 0 heterocycles. The van der Waals surface area contributed by atoms with Crippen LogP contribution in [0.1, 0.15) is 43.2 Å². The highest BCUT2D eigenvalue weighted by atomic mass is 79.9. The van der Waals surface area contributed by atoms with E-state index in [1.807, 2.05) is 30.3 Å². The van der Waals surface area contributed by atoms with Gasteiger partial charge in [-0.05, 0) is 52.5 Å². The van der Waals surface area contributed by atoms with Crippen LogP contribution in [0.3, 0.4) is 0 Å². The second-order valence-corrected chi connectivity index (χ2v) is 8.68. The fourth-order valence-corrected chi connectivity index (χ4v) is 4.25. The Hall–Kier alpha value is -2.09. The number of amides is 1. The molecule has 0 bridgehead atoms. The van der Waals surface area contributed by atoms with Crippen LogP contribution < -0.4 is 20.2 Å². The molecule has 3 rings (SSSR count). The third kappa shape index (κ3) is 7.23. The quantitative estimate of drug-likeness (QED) is 0.367. The molecule has 1 saturated carbocycles. The molecular weight excluding hydrogens is 482 g/mol. The highest BCUT2D eigenvalue weighted by molar-refractivity contribution is 9.10. The maximum absolute atomic E-state index is 12.0. The van der Waals surface area contributed by atoms with Crippen molar-refractivity contribution in [1.82, 2.24) is 10.7 Å². The minimum Gasteiger partial charge on any atom is -0.493 e. The Morgan fingerprint density at radius 2 is 2.03 bits per heavy atom. The number of hydrogen-bond donors (Lipinski definition) is 2.